The standard InChI is InChI=1S/C20H24F3N3O2S/c1-5-13(10-11-16(24)28-4)19(3)17(27)26-18(29-19)25-12(2)14-8-6-7-9-15(14)20(21,22)23/h5-9,11-12H,10,24H2,1-4H3,(H,25,26,27)/b13-5+,16-11+/t12-,19?/m0/s1. The van der Waals surface area contributed by atoms with Crippen LogP contribution in [0, 0.1) is 0 Å². The number of rotatable bonds is 6. The SMILES string of the molecule is C/C=C(\C/C=C(\N)OC)C1(C)SC(=N[C@@H](C)c2ccccc2C(F)(F)F)NC1=O. The lowest BCUT2D eigenvalue weighted by Crippen LogP contribution is -2.35. The Balaban J connectivity index is 2.29. The summed E-state index contributed by atoms with van der Waals surface area (Å²) in [6, 6.07) is 4.52. The summed E-state index contributed by atoms with van der Waals surface area (Å²) in [6.45, 7) is 5.12. The Morgan fingerprint density at radius 1 is 1.41 bits per heavy atom. The number of carbonyl (C=O) groups excluding carboxylic acids is 1. The van der Waals surface area contributed by atoms with Crippen molar-refractivity contribution in [3.8, 4) is 0 Å². The third-order valence-corrected chi connectivity index (χ3v) is 5.96. The second-order valence-electron chi connectivity index (χ2n) is 6.61. The van der Waals surface area contributed by atoms with E-state index in [0.29, 0.717) is 6.42 Å². The number of amidine groups is 1. The van der Waals surface area contributed by atoms with E-state index in [1.54, 1.807) is 19.9 Å². The van der Waals surface area contributed by atoms with E-state index >= 15 is 0 Å². The van der Waals surface area contributed by atoms with Crippen molar-refractivity contribution >= 4 is 22.8 Å². The fourth-order valence-corrected chi connectivity index (χ4v) is 4.22. The lowest BCUT2D eigenvalue weighted by Gasteiger charge is -2.22. The van der Waals surface area contributed by atoms with Crippen molar-refractivity contribution < 1.29 is 22.7 Å². The molecule has 3 N–H and O–H groups in total. The molecule has 1 aliphatic heterocycles. The van der Waals surface area contributed by atoms with E-state index < -0.39 is 22.5 Å². The first-order chi connectivity index (χ1) is 13.5. The van der Waals surface area contributed by atoms with Gasteiger partial charge in [-0.2, -0.15) is 13.2 Å². The molecule has 0 aliphatic carbocycles. The fraction of sp³-hybridized carbons (Fsp3) is 0.400. The summed E-state index contributed by atoms with van der Waals surface area (Å²) in [7, 11) is 1.45. The average Bonchev–Trinajstić information content (AvgIpc) is 2.95. The summed E-state index contributed by atoms with van der Waals surface area (Å²) in [5.41, 5.74) is 5.75. The quantitative estimate of drug-likeness (QED) is 0.517. The summed E-state index contributed by atoms with van der Waals surface area (Å²) in [4.78, 5) is 17.0. The number of alkyl halides is 3. The molecule has 1 aromatic carbocycles. The maximum atomic E-state index is 13.3. The topological polar surface area (TPSA) is 76.7 Å². The fourth-order valence-electron chi connectivity index (χ4n) is 3.00. The molecule has 0 saturated carbocycles. The number of halogens is 3. The normalized spacial score (nSPS) is 23.3. The highest BCUT2D eigenvalue weighted by atomic mass is 32.2. The Morgan fingerprint density at radius 2 is 2.07 bits per heavy atom. The number of thioether (sulfide) groups is 1. The van der Waals surface area contributed by atoms with E-state index in [1.807, 2.05) is 13.0 Å². The van der Waals surface area contributed by atoms with Gasteiger partial charge in [-0.25, -0.2) is 0 Å². The summed E-state index contributed by atoms with van der Waals surface area (Å²) < 4.78 is 43.8. The Kier molecular flexibility index (Phi) is 7.05. The molecule has 5 nitrogen and oxygen atoms in total. The number of nitrogens with one attached hydrogen (secondary N) is 1. The number of benzene rings is 1. The molecule has 9 heteroatoms. The zero-order chi connectivity index (χ0) is 21.8. The number of aliphatic imine (C=N–C) groups is 1. The van der Waals surface area contributed by atoms with Gasteiger partial charge in [-0.3, -0.25) is 9.79 Å². The first-order valence-corrected chi connectivity index (χ1v) is 9.74. The van der Waals surface area contributed by atoms with Crippen LogP contribution in [-0.2, 0) is 15.7 Å². The van der Waals surface area contributed by atoms with Gasteiger partial charge in [0.25, 0.3) is 0 Å². The van der Waals surface area contributed by atoms with Gasteiger partial charge in [-0.1, -0.05) is 36.0 Å². The molecular formula is C20H24F3N3O2S. The van der Waals surface area contributed by atoms with Crippen molar-refractivity contribution in [2.45, 2.75) is 44.2 Å². The maximum Gasteiger partial charge on any atom is 0.416 e. The van der Waals surface area contributed by atoms with Crippen LogP contribution < -0.4 is 11.1 Å². The van der Waals surface area contributed by atoms with Gasteiger partial charge < -0.3 is 15.8 Å². The summed E-state index contributed by atoms with van der Waals surface area (Å²) in [6.07, 6.45) is -0.604. The highest BCUT2D eigenvalue weighted by Gasteiger charge is 2.45. The number of methoxy groups -OCH3 is 1. The number of ether oxygens (including phenoxy) is 1. The zero-order valence-corrected chi connectivity index (χ0v) is 17.4. The van der Waals surface area contributed by atoms with Crippen LogP contribution in [0.5, 0.6) is 0 Å². The Bertz CT molecular complexity index is 865. The Hall–Kier alpha value is -2.42. The van der Waals surface area contributed by atoms with Gasteiger partial charge in [0.1, 0.15) is 4.75 Å². The van der Waals surface area contributed by atoms with Gasteiger partial charge >= 0.3 is 6.18 Å². The number of allylic oxidation sites excluding steroid dienone is 2. The minimum Gasteiger partial charge on any atom is -0.483 e. The number of hydrogen-bond donors (Lipinski definition) is 2. The van der Waals surface area contributed by atoms with Crippen molar-refractivity contribution in [3.63, 3.8) is 0 Å². The van der Waals surface area contributed by atoms with Gasteiger partial charge in [0, 0.05) is 0 Å². The Morgan fingerprint density at radius 3 is 2.66 bits per heavy atom. The van der Waals surface area contributed by atoms with E-state index in [2.05, 4.69) is 10.3 Å². The molecule has 0 aromatic heterocycles. The van der Waals surface area contributed by atoms with Crippen molar-refractivity contribution in [1.29, 1.82) is 0 Å². The predicted octanol–water partition coefficient (Wildman–Crippen LogP) is 4.53. The second kappa shape index (κ2) is 8.94. The van der Waals surface area contributed by atoms with E-state index in [0.717, 1.165) is 11.6 Å². The molecule has 1 heterocycles. The van der Waals surface area contributed by atoms with Gasteiger partial charge in [-0.15, -0.1) is 0 Å². The van der Waals surface area contributed by atoms with E-state index in [-0.39, 0.29) is 22.5 Å². The van der Waals surface area contributed by atoms with Crippen LogP contribution in [0.15, 0.2) is 52.9 Å². The van der Waals surface area contributed by atoms with Crippen LogP contribution >= 0.6 is 11.8 Å². The van der Waals surface area contributed by atoms with Crippen LogP contribution in [-0.4, -0.2) is 22.9 Å². The highest BCUT2D eigenvalue weighted by molar-refractivity contribution is 8.16. The van der Waals surface area contributed by atoms with Crippen molar-refractivity contribution in [2.24, 2.45) is 10.7 Å². The van der Waals surface area contributed by atoms with Crippen LogP contribution in [0.2, 0.25) is 0 Å². The van der Waals surface area contributed by atoms with Crippen LogP contribution in [0.3, 0.4) is 0 Å². The van der Waals surface area contributed by atoms with Crippen molar-refractivity contribution in [1.82, 2.24) is 5.32 Å². The molecule has 2 rings (SSSR count). The van der Waals surface area contributed by atoms with Gasteiger partial charge in [-0.05, 0) is 50.5 Å². The molecular weight excluding hydrogens is 403 g/mol. The summed E-state index contributed by atoms with van der Waals surface area (Å²) >= 11 is 1.18. The molecule has 2 atom stereocenters. The van der Waals surface area contributed by atoms with Crippen molar-refractivity contribution in [2.75, 3.05) is 7.11 Å². The van der Waals surface area contributed by atoms with Crippen LogP contribution in [0.25, 0.3) is 0 Å². The highest BCUT2D eigenvalue weighted by Crippen LogP contribution is 2.41. The molecule has 1 amide bonds. The van der Waals surface area contributed by atoms with E-state index in [4.69, 9.17) is 10.5 Å². The van der Waals surface area contributed by atoms with Gasteiger partial charge in [0.05, 0.1) is 18.7 Å². The largest absolute Gasteiger partial charge is 0.483 e. The molecule has 0 radical (unpaired) electrons. The van der Waals surface area contributed by atoms with Crippen molar-refractivity contribution in [3.05, 3.63) is 59.0 Å². The molecule has 0 bridgehead atoms. The van der Waals surface area contributed by atoms with Crippen LogP contribution in [0.1, 0.15) is 44.4 Å². The van der Waals surface area contributed by atoms with E-state index in [9.17, 15) is 18.0 Å². The van der Waals surface area contributed by atoms with Crippen LogP contribution in [0.4, 0.5) is 13.2 Å². The monoisotopic (exact) mass is 427 g/mol. The maximum absolute atomic E-state index is 13.3. The first kappa shape index (κ1) is 22.9. The second-order valence-corrected chi connectivity index (χ2v) is 8.02. The van der Waals surface area contributed by atoms with Gasteiger partial charge in [0.15, 0.2) is 11.1 Å². The minimum atomic E-state index is -4.47. The zero-order valence-electron chi connectivity index (χ0n) is 16.6. The molecule has 1 unspecified atom stereocenters. The number of carbonyl (C=O) groups is 1. The molecule has 1 aromatic rings. The molecule has 1 aliphatic rings. The smallest absolute Gasteiger partial charge is 0.416 e. The van der Waals surface area contributed by atoms with E-state index in [1.165, 1.54) is 37.1 Å². The molecule has 1 saturated heterocycles. The summed E-state index contributed by atoms with van der Waals surface area (Å²) in [5, 5.41) is 2.97. The molecule has 0 spiro atoms. The molecule has 1 fully saturated rings. The average molecular weight is 427 g/mol. The lowest BCUT2D eigenvalue weighted by molar-refractivity contribution is -0.138. The first-order valence-electron chi connectivity index (χ1n) is 8.92. The molecule has 29 heavy (non-hydrogen) atoms. The third kappa shape index (κ3) is 5.14. The minimum absolute atomic E-state index is 0.0537. The number of hydrogen-bond acceptors (Lipinski definition) is 5. The summed E-state index contributed by atoms with van der Waals surface area (Å²) in [5.74, 6) is -0.0438. The third-order valence-electron chi connectivity index (χ3n) is 4.70. The Labute approximate surface area is 172 Å². The number of nitrogens with two attached hydrogens (primary N) is 1. The molecule has 158 valence electrons. The number of nitrogens with zero attached hydrogens (tertiary/aromatic N) is 1. The lowest BCUT2D eigenvalue weighted by atomic mass is 9.96. The van der Waals surface area contributed by atoms with Gasteiger partial charge in [0.2, 0.25) is 5.91 Å². The number of amides is 1. The predicted molar refractivity (Wildman–Crippen MR) is 109 cm³/mol.